The number of fused-ring (bicyclic) bond motifs is 1. The third kappa shape index (κ3) is 3.83. The number of para-hydroxylation sites is 1. The first-order valence-electron chi connectivity index (χ1n) is 8.49. The van der Waals surface area contributed by atoms with E-state index in [1.807, 2.05) is 0 Å². The molecular formula is C19H17N3O6. The zero-order valence-corrected chi connectivity index (χ0v) is 15.2. The van der Waals surface area contributed by atoms with Crippen LogP contribution < -0.4 is 5.32 Å². The Labute approximate surface area is 159 Å². The van der Waals surface area contributed by atoms with Crippen molar-refractivity contribution in [3.05, 3.63) is 64.0 Å². The van der Waals surface area contributed by atoms with Gasteiger partial charge in [-0.3, -0.25) is 14.9 Å². The lowest BCUT2D eigenvalue weighted by Crippen LogP contribution is -2.32. The topological polar surface area (TPSA) is 125 Å². The van der Waals surface area contributed by atoms with Crippen LogP contribution in [0.25, 0.3) is 11.1 Å². The number of aromatic nitrogens is 1. The molecule has 1 unspecified atom stereocenters. The Kier molecular flexibility index (Phi) is 5.35. The third-order valence-electron chi connectivity index (χ3n) is 4.18. The van der Waals surface area contributed by atoms with Gasteiger partial charge in [-0.1, -0.05) is 19.1 Å². The third-order valence-corrected chi connectivity index (χ3v) is 4.18. The molecule has 1 amide bonds. The molecule has 0 spiro atoms. The number of carbonyl (C=O) groups excluding carboxylic acids is 2. The number of oxazole rings is 1. The number of ether oxygens (including phenoxy) is 1. The van der Waals surface area contributed by atoms with Gasteiger partial charge in [0.15, 0.2) is 18.1 Å². The first kappa shape index (κ1) is 19.0. The van der Waals surface area contributed by atoms with E-state index < -0.39 is 22.9 Å². The zero-order valence-electron chi connectivity index (χ0n) is 15.2. The number of non-ortho nitro benzene ring substituents is 1. The van der Waals surface area contributed by atoms with Crippen LogP contribution in [0.4, 0.5) is 11.4 Å². The summed E-state index contributed by atoms with van der Waals surface area (Å²) < 4.78 is 10.5. The number of nitrogens with zero attached hydrogens (tertiary/aromatic N) is 2. The minimum Gasteiger partial charge on any atom is -0.449 e. The van der Waals surface area contributed by atoms with Gasteiger partial charge in [0.1, 0.15) is 5.52 Å². The van der Waals surface area contributed by atoms with Crippen LogP contribution in [0.2, 0.25) is 0 Å². The van der Waals surface area contributed by atoms with E-state index in [4.69, 9.17) is 9.15 Å². The van der Waals surface area contributed by atoms with E-state index in [2.05, 4.69) is 10.3 Å². The Bertz CT molecular complexity index is 1060. The molecule has 28 heavy (non-hydrogen) atoms. The predicted molar refractivity (Wildman–Crippen MR) is 100.0 cm³/mol. The molecule has 1 atom stereocenters. The molecule has 0 fully saturated rings. The second kappa shape index (κ2) is 7.87. The number of nitrogens with one attached hydrogen (secondary N) is 1. The summed E-state index contributed by atoms with van der Waals surface area (Å²) in [7, 11) is 0. The van der Waals surface area contributed by atoms with Gasteiger partial charge in [-0.25, -0.2) is 9.78 Å². The van der Waals surface area contributed by atoms with Crippen LogP contribution in [-0.4, -0.2) is 27.9 Å². The maximum atomic E-state index is 12.6. The molecule has 0 aliphatic carbocycles. The molecule has 0 saturated heterocycles. The average Bonchev–Trinajstić information content (AvgIpc) is 3.16. The molecule has 3 rings (SSSR count). The predicted octanol–water partition coefficient (Wildman–Crippen LogP) is 3.62. The van der Waals surface area contributed by atoms with E-state index in [1.54, 1.807) is 26.0 Å². The van der Waals surface area contributed by atoms with Crippen LogP contribution in [0.15, 0.2) is 47.2 Å². The number of rotatable bonds is 6. The molecular weight excluding hydrogens is 366 g/mol. The second-order valence-electron chi connectivity index (χ2n) is 6.05. The van der Waals surface area contributed by atoms with Crippen molar-refractivity contribution in [3.63, 3.8) is 0 Å². The molecule has 1 aromatic heterocycles. The van der Waals surface area contributed by atoms with Crippen LogP contribution in [0, 0.1) is 17.0 Å². The fourth-order valence-corrected chi connectivity index (χ4v) is 2.64. The highest BCUT2D eigenvalue weighted by Crippen LogP contribution is 2.23. The lowest BCUT2D eigenvalue weighted by Gasteiger charge is -2.17. The first-order valence-corrected chi connectivity index (χ1v) is 8.49. The highest BCUT2D eigenvalue weighted by molar-refractivity contribution is 6.03. The number of amides is 1. The van der Waals surface area contributed by atoms with Gasteiger partial charge in [-0.05, 0) is 31.0 Å². The maximum Gasteiger partial charge on any atom is 0.341 e. The minimum absolute atomic E-state index is 0.149. The molecule has 1 N–H and O–H groups in total. The fraction of sp³-hybridized carbons (Fsp3) is 0.211. The molecule has 9 heteroatoms. The maximum absolute atomic E-state index is 12.6. The van der Waals surface area contributed by atoms with Crippen molar-refractivity contribution in [2.75, 3.05) is 5.32 Å². The molecule has 0 bridgehead atoms. The summed E-state index contributed by atoms with van der Waals surface area (Å²) in [6.07, 6.45) is 0.366. The van der Waals surface area contributed by atoms with Gasteiger partial charge < -0.3 is 14.5 Å². The van der Waals surface area contributed by atoms with Gasteiger partial charge in [0, 0.05) is 12.1 Å². The number of benzene rings is 2. The summed E-state index contributed by atoms with van der Waals surface area (Å²) in [6.45, 7) is 3.39. The van der Waals surface area contributed by atoms with Crippen LogP contribution >= 0.6 is 0 Å². The highest BCUT2D eigenvalue weighted by Gasteiger charge is 2.24. The van der Waals surface area contributed by atoms with E-state index in [1.165, 1.54) is 30.7 Å². The van der Waals surface area contributed by atoms with Crippen molar-refractivity contribution >= 4 is 34.4 Å². The molecule has 3 aromatic rings. The Morgan fingerprint density at radius 3 is 2.82 bits per heavy atom. The van der Waals surface area contributed by atoms with Gasteiger partial charge >= 0.3 is 5.97 Å². The minimum atomic E-state index is -1.08. The van der Waals surface area contributed by atoms with E-state index in [0.717, 1.165) is 0 Å². The number of hydrogen-bond donors (Lipinski definition) is 1. The van der Waals surface area contributed by atoms with Crippen molar-refractivity contribution in [2.24, 2.45) is 0 Å². The summed E-state index contributed by atoms with van der Waals surface area (Å²) in [5.41, 5.74) is 1.74. The Balaban J connectivity index is 1.77. The van der Waals surface area contributed by atoms with Gasteiger partial charge in [0.25, 0.3) is 11.6 Å². The SMILES string of the molecule is CCC(OC(=O)c1cccc2ocnc12)C(=O)Nc1cc([N+](=O)[O-])ccc1C. The Morgan fingerprint density at radius 1 is 1.32 bits per heavy atom. The van der Waals surface area contributed by atoms with Gasteiger partial charge in [0.05, 0.1) is 16.2 Å². The molecule has 144 valence electrons. The number of aryl methyl sites for hydroxylation is 1. The van der Waals surface area contributed by atoms with E-state index in [9.17, 15) is 19.7 Å². The largest absolute Gasteiger partial charge is 0.449 e. The van der Waals surface area contributed by atoms with E-state index in [0.29, 0.717) is 16.7 Å². The normalized spacial score (nSPS) is 11.8. The van der Waals surface area contributed by atoms with Crippen LogP contribution in [-0.2, 0) is 9.53 Å². The monoisotopic (exact) mass is 383 g/mol. The van der Waals surface area contributed by atoms with Crippen molar-refractivity contribution in [1.82, 2.24) is 4.98 Å². The van der Waals surface area contributed by atoms with Crippen molar-refractivity contribution < 1.29 is 23.7 Å². The molecule has 1 heterocycles. The van der Waals surface area contributed by atoms with Crippen LogP contribution in [0.1, 0.15) is 29.3 Å². The van der Waals surface area contributed by atoms with Crippen molar-refractivity contribution in [1.29, 1.82) is 0 Å². The number of esters is 1. The molecule has 9 nitrogen and oxygen atoms in total. The van der Waals surface area contributed by atoms with E-state index >= 15 is 0 Å². The lowest BCUT2D eigenvalue weighted by molar-refractivity contribution is -0.384. The smallest absolute Gasteiger partial charge is 0.341 e. The number of nitro groups is 1. The summed E-state index contributed by atoms with van der Waals surface area (Å²) in [4.78, 5) is 39.5. The Morgan fingerprint density at radius 2 is 2.11 bits per heavy atom. The number of nitro benzene ring substituents is 1. The quantitative estimate of drug-likeness (QED) is 0.391. The van der Waals surface area contributed by atoms with E-state index in [-0.39, 0.29) is 23.4 Å². The fourth-order valence-electron chi connectivity index (χ4n) is 2.64. The van der Waals surface area contributed by atoms with Gasteiger partial charge in [-0.15, -0.1) is 0 Å². The second-order valence-corrected chi connectivity index (χ2v) is 6.05. The molecule has 0 radical (unpaired) electrons. The Hall–Kier alpha value is -3.75. The summed E-state index contributed by atoms with van der Waals surface area (Å²) in [6, 6.07) is 8.96. The van der Waals surface area contributed by atoms with Gasteiger partial charge in [-0.2, -0.15) is 0 Å². The molecule has 0 saturated carbocycles. The lowest BCUT2D eigenvalue weighted by atomic mass is 10.1. The molecule has 0 aliphatic rings. The van der Waals surface area contributed by atoms with Crippen molar-refractivity contribution in [2.45, 2.75) is 26.4 Å². The van der Waals surface area contributed by atoms with Crippen LogP contribution in [0.3, 0.4) is 0 Å². The summed E-state index contributed by atoms with van der Waals surface area (Å²) in [5.74, 6) is -1.29. The van der Waals surface area contributed by atoms with Crippen LogP contribution in [0.5, 0.6) is 0 Å². The molecule has 2 aromatic carbocycles. The first-order chi connectivity index (χ1) is 13.4. The van der Waals surface area contributed by atoms with Gasteiger partial charge in [0.2, 0.25) is 0 Å². The summed E-state index contributed by atoms with van der Waals surface area (Å²) in [5, 5.41) is 13.5. The standard InChI is InChI=1S/C19H17N3O6/c1-3-15(18(23)21-14-9-12(22(25)26)8-7-11(14)2)28-19(24)13-5-4-6-16-17(13)20-10-27-16/h4-10,15H,3H2,1-2H3,(H,21,23). The molecule has 0 aliphatic heterocycles. The highest BCUT2D eigenvalue weighted by atomic mass is 16.6. The summed E-state index contributed by atoms with van der Waals surface area (Å²) >= 11 is 0. The van der Waals surface area contributed by atoms with Crippen molar-refractivity contribution in [3.8, 4) is 0 Å². The average molecular weight is 383 g/mol. The number of anilines is 1. The zero-order chi connectivity index (χ0) is 20.3. The number of hydrogen-bond acceptors (Lipinski definition) is 7. The number of carbonyl (C=O) groups is 2.